The maximum absolute atomic E-state index is 14.8. The quantitative estimate of drug-likeness (QED) is 0.308. The summed E-state index contributed by atoms with van der Waals surface area (Å²) in [5, 5.41) is 15.6. The monoisotopic (exact) mass is 484 g/mol. The molecule has 0 amide bonds. The predicted octanol–water partition coefficient (Wildman–Crippen LogP) is 6.63. The molecule has 0 fully saturated rings. The lowest BCUT2D eigenvalue weighted by Gasteiger charge is -2.37. The van der Waals surface area contributed by atoms with E-state index in [1.807, 2.05) is 23.1 Å². The van der Waals surface area contributed by atoms with Gasteiger partial charge < -0.3 is 20.1 Å². The van der Waals surface area contributed by atoms with Crippen LogP contribution in [0.5, 0.6) is 5.75 Å². The molecule has 0 aliphatic carbocycles. The molecule has 0 bridgehead atoms. The molecule has 1 aliphatic rings. The van der Waals surface area contributed by atoms with E-state index in [2.05, 4.69) is 48.6 Å². The van der Waals surface area contributed by atoms with E-state index in [0.717, 1.165) is 5.69 Å². The van der Waals surface area contributed by atoms with Gasteiger partial charge in [0.25, 0.3) is 0 Å². The molecule has 5 rings (SSSR count). The number of halogens is 1. The summed E-state index contributed by atoms with van der Waals surface area (Å²) in [7, 11) is 0. The SMILES string of the molecule is Cc1c(C(=O)O)cccc1N1CC(CCN[C@H](C)c2cccc3ccccc23)Oc2c(F)cccc21. The Balaban J connectivity index is 1.36. The van der Waals surface area contributed by atoms with Crippen LogP contribution in [-0.2, 0) is 0 Å². The van der Waals surface area contributed by atoms with Gasteiger partial charge in [0.05, 0.1) is 17.8 Å². The Kier molecular flexibility index (Phi) is 6.61. The molecule has 0 saturated heterocycles. The Hall–Kier alpha value is -3.90. The second-order valence-corrected chi connectivity index (χ2v) is 9.23. The Bertz CT molecular complexity index is 1420. The largest absolute Gasteiger partial charge is 0.483 e. The number of carboxylic acid groups (broad SMARTS) is 1. The first-order valence-corrected chi connectivity index (χ1v) is 12.2. The molecule has 0 aromatic heterocycles. The molecule has 5 nitrogen and oxygen atoms in total. The fourth-order valence-electron chi connectivity index (χ4n) is 5.06. The van der Waals surface area contributed by atoms with Crippen molar-refractivity contribution in [1.29, 1.82) is 0 Å². The number of nitrogens with zero attached hydrogens (tertiary/aromatic N) is 1. The van der Waals surface area contributed by atoms with Gasteiger partial charge in [-0.25, -0.2) is 9.18 Å². The highest BCUT2D eigenvalue weighted by Gasteiger charge is 2.30. The van der Waals surface area contributed by atoms with E-state index in [1.165, 1.54) is 22.4 Å². The summed E-state index contributed by atoms with van der Waals surface area (Å²) in [6, 6.07) is 24.8. The van der Waals surface area contributed by atoms with Gasteiger partial charge in [-0.2, -0.15) is 0 Å². The summed E-state index contributed by atoms with van der Waals surface area (Å²) in [6.45, 7) is 5.10. The topological polar surface area (TPSA) is 61.8 Å². The lowest BCUT2D eigenvalue weighted by atomic mass is 9.99. The van der Waals surface area contributed by atoms with Gasteiger partial charge in [-0.05, 0) is 73.0 Å². The summed E-state index contributed by atoms with van der Waals surface area (Å²) in [5.41, 5.74) is 3.46. The minimum Gasteiger partial charge on any atom is -0.483 e. The van der Waals surface area contributed by atoms with Crippen LogP contribution in [0.15, 0.2) is 78.9 Å². The highest BCUT2D eigenvalue weighted by molar-refractivity contribution is 5.92. The van der Waals surface area contributed by atoms with Crippen LogP contribution < -0.4 is 15.0 Å². The molecule has 36 heavy (non-hydrogen) atoms. The Labute approximate surface area is 210 Å². The molecule has 1 aliphatic heterocycles. The predicted molar refractivity (Wildman–Crippen MR) is 141 cm³/mol. The molecule has 6 heteroatoms. The molecule has 2 atom stereocenters. The number of anilines is 2. The lowest BCUT2D eigenvalue weighted by Crippen LogP contribution is -2.40. The van der Waals surface area contributed by atoms with Crippen molar-refractivity contribution >= 4 is 28.1 Å². The van der Waals surface area contributed by atoms with Gasteiger partial charge in [-0.15, -0.1) is 0 Å². The number of ether oxygens (including phenoxy) is 1. The summed E-state index contributed by atoms with van der Waals surface area (Å²) >= 11 is 0. The Morgan fingerprint density at radius 1 is 1.06 bits per heavy atom. The van der Waals surface area contributed by atoms with Gasteiger partial charge >= 0.3 is 5.97 Å². The fourth-order valence-corrected chi connectivity index (χ4v) is 5.06. The number of carbonyl (C=O) groups is 1. The number of para-hydroxylation sites is 1. The zero-order valence-electron chi connectivity index (χ0n) is 20.4. The number of hydrogen-bond acceptors (Lipinski definition) is 4. The van der Waals surface area contributed by atoms with Crippen molar-refractivity contribution in [1.82, 2.24) is 5.32 Å². The van der Waals surface area contributed by atoms with E-state index < -0.39 is 11.8 Å². The summed E-state index contributed by atoms with van der Waals surface area (Å²) in [5.74, 6) is -1.20. The van der Waals surface area contributed by atoms with Crippen LogP contribution in [0.3, 0.4) is 0 Å². The van der Waals surface area contributed by atoms with E-state index in [9.17, 15) is 14.3 Å². The van der Waals surface area contributed by atoms with Crippen molar-refractivity contribution < 1.29 is 19.0 Å². The first-order valence-electron chi connectivity index (χ1n) is 12.2. The molecule has 2 N–H and O–H groups in total. The molecule has 0 saturated carbocycles. The van der Waals surface area contributed by atoms with Crippen LogP contribution >= 0.6 is 0 Å². The summed E-state index contributed by atoms with van der Waals surface area (Å²) in [4.78, 5) is 13.7. The molecule has 1 unspecified atom stereocenters. The van der Waals surface area contributed by atoms with Crippen molar-refractivity contribution in [2.24, 2.45) is 0 Å². The standard InChI is InChI=1S/C30H29FN2O3/c1-19-23(30(34)35)11-6-14-27(19)33-18-22(36-29-26(31)13-7-15-28(29)33)16-17-32-20(2)24-12-5-9-21-8-3-4-10-25(21)24/h3-15,20,22,32H,16-18H2,1-2H3,(H,34,35)/t20-,22?/m1/s1. The third-order valence-corrected chi connectivity index (χ3v) is 6.94. The zero-order valence-corrected chi connectivity index (χ0v) is 20.4. The molecular formula is C30H29FN2O3. The average Bonchev–Trinajstić information content (AvgIpc) is 2.88. The van der Waals surface area contributed by atoms with Gasteiger partial charge in [0, 0.05) is 11.7 Å². The van der Waals surface area contributed by atoms with Crippen LogP contribution in [-0.4, -0.2) is 30.3 Å². The van der Waals surface area contributed by atoms with Gasteiger partial charge in [0.1, 0.15) is 6.10 Å². The third-order valence-electron chi connectivity index (χ3n) is 6.94. The number of fused-ring (bicyclic) bond motifs is 2. The second-order valence-electron chi connectivity index (χ2n) is 9.23. The smallest absolute Gasteiger partial charge is 0.336 e. The van der Waals surface area contributed by atoms with E-state index in [4.69, 9.17) is 4.74 Å². The number of aromatic carboxylic acids is 1. The lowest BCUT2D eigenvalue weighted by molar-refractivity contribution is 0.0696. The zero-order chi connectivity index (χ0) is 25.2. The third kappa shape index (κ3) is 4.52. The minimum atomic E-state index is -0.981. The number of carboxylic acids is 1. The molecule has 0 spiro atoms. The molecule has 0 radical (unpaired) electrons. The average molecular weight is 485 g/mol. The van der Waals surface area contributed by atoms with Crippen molar-refractivity contribution in [2.75, 3.05) is 18.0 Å². The first kappa shape index (κ1) is 23.8. The molecule has 4 aromatic rings. The van der Waals surface area contributed by atoms with E-state index in [0.29, 0.717) is 30.8 Å². The highest BCUT2D eigenvalue weighted by Crippen LogP contribution is 2.41. The van der Waals surface area contributed by atoms with Crippen molar-refractivity contribution in [3.05, 3.63) is 101 Å². The van der Waals surface area contributed by atoms with E-state index in [-0.39, 0.29) is 23.5 Å². The molecule has 184 valence electrons. The molecule has 4 aromatic carbocycles. The minimum absolute atomic E-state index is 0.134. The second kappa shape index (κ2) is 9.99. The number of rotatable bonds is 7. The van der Waals surface area contributed by atoms with Gasteiger partial charge in [0.2, 0.25) is 0 Å². The van der Waals surface area contributed by atoms with Crippen LogP contribution in [0.2, 0.25) is 0 Å². The number of hydrogen-bond donors (Lipinski definition) is 2. The number of benzene rings is 4. The Morgan fingerprint density at radius 3 is 2.61 bits per heavy atom. The highest BCUT2D eigenvalue weighted by atomic mass is 19.1. The maximum Gasteiger partial charge on any atom is 0.336 e. The first-order chi connectivity index (χ1) is 17.4. The van der Waals surface area contributed by atoms with Crippen LogP contribution in [0.1, 0.15) is 40.9 Å². The Morgan fingerprint density at radius 2 is 1.78 bits per heavy atom. The van der Waals surface area contributed by atoms with Crippen LogP contribution in [0.25, 0.3) is 10.8 Å². The molecule has 1 heterocycles. The fraction of sp³-hybridized carbons (Fsp3) is 0.233. The van der Waals surface area contributed by atoms with Crippen molar-refractivity contribution in [3.63, 3.8) is 0 Å². The number of nitrogens with one attached hydrogen (secondary N) is 1. The van der Waals surface area contributed by atoms with Gasteiger partial charge in [-0.3, -0.25) is 0 Å². The normalized spacial score (nSPS) is 15.9. The molecular weight excluding hydrogens is 455 g/mol. The van der Waals surface area contributed by atoms with Crippen molar-refractivity contribution in [3.8, 4) is 5.75 Å². The van der Waals surface area contributed by atoms with E-state index >= 15 is 0 Å². The van der Waals surface area contributed by atoms with Crippen LogP contribution in [0.4, 0.5) is 15.8 Å². The maximum atomic E-state index is 14.8. The van der Waals surface area contributed by atoms with Crippen LogP contribution in [0, 0.1) is 12.7 Å². The van der Waals surface area contributed by atoms with Gasteiger partial charge in [-0.1, -0.05) is 54.6 Å². The van der Waals surface area contributed by atoms with E-state index in [1.54, 1.807) is 25.1 Å². The summed E-state index contributed by atoms with van der Waals surface area (Å²) < 4.78 is 20.9. The van der Waals surface area contributed by atoms with Gasteiger partial charge in [0.15, 0.2) is 11.6 Å². The summed E-state index contributed by atoms with van der Waals surface area (Å²) in [6.07, 6.45) is 0.395. The van der Waals surface area contributed by atoms with Crippen molar-refractivity contribution in [2.45, 2.75) is 32.4 Å².